The van der Waals surface area contributed by atoms with E-state index in [4.69, 9.17) is 5.26 Å². The summed E-state index contributed by atoms with van der Waals surface area (Å²) in [6.45, 7) is 0. The van der Waals surface area contributed by atoms with Crippen LogP contribution in [0, 0.1) is 11.3 Å². The lowest BCUT2D eigenvalue weighted by Crippen LogP contribution is -2.50. The predicted molar refractivity (Wildman–Crippen MR) is 75.3 cm³/mol. The fraction of sp³-hybridized carbons (Fsp3) is 0. The second-order valence-electron chi connectivity index (χ2n) is 4.25. The van der Waals surface area contributed by atoms with E-state index in [1.54, 1.807) is 24.4 Å². The quantitative estimate of drug-likeness (QED) is 0.767. The Balaban J connectivity index is 2.03. The maximum Gasteiger partial charge on any atom is 0.471 e. The van der Waals surface area contributed by atoms with E-state index in [2.05, 4.69) is 11.2 Å². The van der Waals surface area contributed by atoms with Gasteiger partial charge in [-0.3, -0.25) is 4.92 Å². The number of nitriles is 1. The van der Waals surface area contributed by atoms with Gasteiger partial charge in [-0.2, -0.15) is 10.4 Å². The molecular weight excluding hydrogens is 237 g/mol. The zero-order chi connectivity index (χ0) is 13.2. The topological polar surface area (TPSA) is 59.6 Å². The van der Waals surface area contributed by atoms with Crippen molar-refractivity contribution in [3.8, 4) is 6.07 Å². The number of benzene rings is 2. The third kappa shape index (κ3) is 1.98. The van der Waals surface area contributed by atoms with Crippen molar-refractivity contribution in [1.82, 2.24) is 0 Å². The smallest absolute Gasteiger partial charge is 0.427 e. The molecule has 0 bridgehead atoms. The van der Waals surface area contributed by atoms with Gasteiger partial charge in [0.1, 0.15) is 0 Å². The first kappa shape index (κ1) is 11.5. The Morgan fingerprint density at radius 3 is 2.84 bits per heavy atom. The van der Waals surface area contributed by atoms with E-state index in [1.807, 2.05) is 30.3 Å². The molecule has 2 aromatic carbocycles. The van der Waals surface area contributed by atoms with Crippen LogP contribution in [-0.2, 0) is 0 Å². The van der Waals surface area contributed by atoms with E-state index in [9.17, 15) is 5.02 Å². The molecule has 0 radical (unpaired) electrons. The van der Waals surface area contributed by atoms with Crippen molar-refractivity contribution in [1.29, 1.82) is 5.26 Å². The highest BCUT2D eigenvalue weighted by Gasteiger charge is 2.29. The number of anilines is 1. The fourth-order valence-corrected chi connectivity index (χ4v) is 2.11. The third-order valence-corrected chi connectivity index (χ3v) is 3.07. The van der Waals surface area contributed by atoms with Gasteiger partial charge in [0, 0.05) is 5.69 Å². The number of nitrogens with zero attached hydrogens (tertiary/aromatic N) is 3. The van der Waals surface area contributed by atoms with Crippen LogP contribution < -0.4 is 10.4 Å². The molecule has 1 heterocycles. The Morgan fingerprint density at radius 1 is 1.16 bits per heavy atom. The van der Waals surface area contributed by atoms with Gasteiger partial charge >= 0.3 is 7.05 Å². The highest BCUT2D eigenvalue weighted by Crippen LogP contribution is 2.19. The number of hydrogen-bond donors (Lipinski definition) is 1. The first-order chi connectivity index (χ1) is 9.29. The van der Waals surface area contributed by atoms with Gasteiger partial charge < -0.3 is 5.02 Å². The van der Waals surface area contributed by atoms with E-state index in [1.165, 1.54) is 4.92 Å². The maximum atomic E-state index is 10.4. The van der Waals surface area contributed by atoms with E-state index in [0.29, 0.717) is 11.3 Å². The minimum atomic E-state index is -0.838. The monoisotopic (exact) mass is 247 g/mol. The molecule has 90 valence electrons. The second-order valence-corrected chi connectivity index (χ2v) is 4.25. The molecule has 4 nitrogen and oxygen atoms in total. The predicted octanol–water partition coefficient (Wildman–Crippen LogP) is 1.10. The molecule has 0 aliphatic carbocycles. The Labute approximate surface area is 111 Å². The molecule has 0 saturated carbocycles. The Morgan fingerprint density at radius 2 is 2.00 bits per heavy atom. The van der Waals surface area contributed by atoms with Gasteiger partial charge in [0.2, 0.25) is 0 Å². The summed E-state index contributed by atoms with van der Waals surface area (Å²) in [4.78, 5) is 1.50. The average Bonchev–Trinajstić information content (AvgIpc) is 2.48. The number of hydrazone groups is 1. The zero-order valence-electron chi connectivity index (χ0n) is 10.1. The summed E-state index contributed by atoms with van der Waals surface area (Å²) in [6.07, 6.45) is 1.71. The molecule has 3 rings (SSSR count). The van der Waals surface area contributed by atoms with Crippen LogP contribution in [0.1, 0.15) is 11.1 Å². The lowest BCUT2D eigenvalue weighted by molar-refractivity contribution is 0.578. The molecule has 2 aromatic rings. The SMILES string of the molecule is N#Cc1cccc(N2N=Cc3ccccc3B2O)c1. The molecule has 1 aliphatic rings. The summed E-state index contributed by atoms with van der Waals surface area (Å²) in [5.41, 5.74) is 2.94. The largest absolute Gasteiger partial charge is 0.471 e. The van der Waals surface area contributed by atoms with Crippen LogP contribution in [0.4, 0.5) is 5.69 Å². The molecule has 19 heavy (non-hydrogen) atoms. The molecule has 5 heteroatoms. The van der Waals surface area contributed by atoms with Gasteiger partial charge in [0.05, 0.1) is 17.8 Å². The minimum Gasteiger partial charge on any atom is -0.427 e. The van der Waals surface area contributed by atoms with Gasteiger partial charge in [-0.1, -0.05) is 30.3 Å². The normalized spacial score (nSPS) is 13.1. The summed E-state index contributed by atoms with van der Waals surface area (Å²) in [5, 5.41) is 23.5. The van der Waals surface area contributed by atoms with Crippen LogP contribution in [0.2, 0.25) is 0 Å². The van der Waals surface area contributed by atoms with Gasteiger partial charge in [-0.05, 0) is 29.2 Å². The Bertz CT molecular complexity index is 693. The van der Waals surface area contributed by atoms with Gasteiger partial charge in [-0.15, -0.1) is 0 Å². The number of rotatable bonds is 1. The molecule has 1 N–H and O–H groups in total. The zero-order valence-corrected chi connectivity index (χ0v) is 10.1. The van der Waals surface area contributed by atoms with Crippen LogP contribution in [0.5, 0.6) is 0 Å². The van der Waals surface area contributed by atoms with Crippen LogP contribution in [0.15, 0.2) is 53.6 Å². The van der Waals surface area contributed by atoms with Gasteiger partial charge in [-0.25, -0.2) is 0 Å². The highest BCUT2D eigenvalue weighted by atomic mass is 16.2. The number of fused-ring (bicyclic) bond motifs is 1. The molecule has 1 aliphatic heterocycles. The van der Waals surface area contributed by atoms with Gasteiger partial charge in [0.15, 0.2) is 0 Å². The van der Waals surface area contributed by atoms with Crippen LogP contribution in [-0.4, -0.2) is 18.3 Å². The van der Waals surface area contributed by atoms with Crippen molar-refractivity contribution in [2.24, 2.45) is 5.10 Å². The molecular formula is C14H10BN3O. The van der Waals surface area contributed by atoms with Crippen molar-refractivity contribution >= 4 is 24.4 Å². The lowest BCUT2D eigenvalue weighted by Gasteiger charge is -2.26. The molecule has 0 unspecified atom stereocenters. The first-order valence-electron chi connectivity index (χ1n) is 5.90. The molecule has 0 fully saturated rings. The van der Waals surface area contributed by atoms with Crippen molar-refractivity contribution in [3.63, 3.8) is 0 Å². The summed E-state index contributed by atoms with van der Waals surface area (Å²) in [7, 11) is -0.838. The highest BCUT2D eigenvalue weighted by molar-refractivity contribution is 6.71. The molecule has 0 atom stereocenters. The van der Waals surface area contributed by atoms with E-state index < -0.39 is 7.05 Å². The van der Waals surface area contributed by atoms with Gasteiger partial charge in [0.25, 0.3) is 0 Å². The second kappa shape index (κ2) is 4.60. The van der Waals surface area contributed by atoms with Crippen LogP contribution in [0.3, 0.4) is 0 Å². The molecule has 0 saturated heterocycles. The Kier molecular flexibility index (Phi) is 2.78. The standard InChI is InChI=1S/C14H10BN3O/c16-9-11-4-3-6-13(8-11)18-15(19)14-7-2-1-5-12(14)10-17-18/h1-8,10,19H. The van der Waals surface area contributed by atoms with Crippen molar-refractivity contribution in [3.05, 3.63) is 59.7 Å². The lowest BCUT2D eigenvalue weighted by atomic mass is 9.69. The van der Waals surface area contributed by atoms with Crippen LogP contribution in [0.25, 0.3) is 0 Å². The average molecular weight is 247 g/mol. The van der Waals surface area contributed by atoms with Crippen LogP contribution >= 0.6 is 0 Å². The fourth-order valence-electron chi connectivity index (χ4n) is 2.11. The summed E-state index contributed by atoms with van der Waals surface area (Å²) < 4.78 is 0. The van der Waals surface area contributed by atoms with E-state index in [-0.39, 0.29) is 0 Å². The van der Waals surface area contributed by atoms with Crippen molar-refractivity contribution in [2.75, 3.05) is 4.92 Å². The minimum absolute atomic E-state index is 0.541. The summed E-state index contributed by atoms with van der Waals surface area (Å²) in [6, 6.07) is 16.7. The van der Waals surface area contributed by atoms with E-state index in [0.717, 1.165) is 11.0 Å². The third-order valence-electron chi connectivity index (χ3n) is 3.07. The number of hydrogen-bond acceptors (Lipinski definition) is 4. The first-order valence-corrected chi connectivity index (χ1v) is 5.90. The van der Waals surface area contributed by atoms with Crippen molar-refractivity contribution < 1.29 is 5.02 Å². The van der Waals surface area contributed by atoms with E-state index >= 15 is 0 Å². The summed E-state index contributed by atoms with van der Waals surface area (Å²) >= 11 is 0. The van der Waals surface area contributed by atoms with Crippen molar-refractivity contribution in [2.45, 2.75) is 0 Å². The molecule has 0 spiro atoms. The molecule has 0 amide bonds. The Hall–Kier alpha value is -2.58. The maximum absolute atomic E-state index is 10.4. The summed E-state index contributed by atoms with van der Waals surface area (Å²) in [5.74, 6) is 0. The molecule has 0 aromatic heterocycles.